The van der Waals surface area contributed by atoms with E-state index in [1.54, 1.807) is 23.5 Å². The molecular formula is C16H13FN2S. The smallest absolute Gasteiger partial charge is 0.124 e. The lowest BCUT2D eigenvalue weighted by atomic mass is 9.96. The van der Waals surface area contributed by atoms with Gasteiger partial charge in [-0.3, -0.25) is 0 Å². The van der Waals surface area contributed by atoms with E-state index in [-0.39, 0.29) is 5.82 Å². The van der Waals surface area contributed by atoms with Gasteiger partial charge in [-0.2, -0.15) is 0 Å². The molecule has 1 N–H and O–H groups in total. The molecule has 0 amide bonds. The first kappa shape index (κ1) is 12.0. The molecular weight excluding hydrogens is 271 g/mol. The summed E-state index contributed by atoms with van der Waals surface area (Å²) < 4.78 is 14.2. The zero-order valence-electron chi connectivity index (χ0n) is 10.8. The van der Waals surface area contributed by atoms with Crippen LogP contribution < -0.4 is 5.32 Å². The van der Waals surface area contributed by atoms with Crippen LogP contribution in [0.15, 0.2) is 36.4 Å². The van der Waals surface area contributed by atoms with Crippen molar-refractivity contribution < 1.29 is 4.39 Å². The van der Waals surface area contributed by atoms with Crippen LogP contribution in [-0.2, 0) is 13.0 Å². The number of thiazole rings is 1. The summed E-state index contributed by atoms with van der Waals surface area (Å²) in [6.45, 7) is 1.92. The van der Waals surface area contributed by atoms with Crippen LogP contribution in [0.1, 0.15) is 11.1 Å². The van der Waals surface area contributed by atoms with Crippen molar-refractivity contribution >= 4 is 21.6 Å². The Bertz CT molecular complexity index is 794. The van der Waals surface area contributed by atoms with Gasteiger partial charge in [0.1, 0.15) is 10.8 Å². The van der Waals surface area contributed by atoms with E-state index in [1.165, 1.54) is 22.8 Å². The second-order valence-electron chi connectivity index (χ2n) is 5.00. The lowest BCUT2D eigenvalue weighted by Gasteiger charge is -2.19. The van der Waals surface area contributed by atoms with E-state index in [0.29, 0.717) is 0 Å². The molecule has 0 atom stereocenters. The van der Waals surface area contributed by atoms with Crippen molar-refractivity contribution in [1.82, 2.24) is 10.3 Å². The van der Waals surface area contributed by atoms with Gasteiger partial charge in [-0.05, 0) is 42.3 Å². The number of fused-ring (bicyclic) bond motifs is 2. The van der Waals surface area contributed by atoms with Crippen LogP contribution in [0, 0.1) is 5.82 Å². The first-order chi connectivity index (χ1) is 9.81. The van der Waals surface area contributed by atoms with Crippen LogP contribution in [-0.4, -0.2) is 11.5 Å². The summed E-state index contributed by atoms with van der Waals surface area (Å²) in [7, 11) is 0. The molecule has 0 spiro atoms. The van der Waals surface area contributed by atoms with Gasteiger partial charge < -0.3 is 5.32 Å². The van der Waals surface area contributed by atoms with Crippen LogP contribution in [0.2, 0.25) is 0 Å². The minimum atomic E-state index is -0.202. The summed E-state index contributed by atoms with van der Waals surface area (Å²) in [5.74, 6) is -0.202. The highest BCUT2D eigenvalue weighted by Gasteiger charge is 2.16. The fourth-order valence-electron chi connectivity index (χ4n) is 2.75. The standard InChI is InChI=1S/C16H13FN2S/c17-11-4-5-14-15(8-11)20-16(19-14)13-3-1-2-10-9-18-7-6-12(10)13/h1-5,8,18H,6-7,9H2. The van der Waals surface area contributed by atoms with Crippen molar-refractivity contribution in [2.45, 2.75) is 13.0 Å². The highest BCUT2D eigenvalue weighted by Crippen LogP contribution is 2.34. The first-order valence-electron chi connectivity index (χ1n) is 6.69. The Morgan fingerprint density at radius 3 is 3.10 bits per heavy atom. The maximum atomic E-state index is 13.3. The summed E-state index contributed by atoms with van der Waals surface area (Å²) in [5, 5.41) is 4.38. The molecule has 0 bridgehead atoms. The van der Waals surface area contributed by atoms with Gasteiger partial charge in [0.25, 0.3) is 0 Å². The molecule has 2 heterocycles. The molecule has 20 heavy (non-hydrogen) atoms. The normalized spacial score (nSPS) is 14.4. The average molecular weight is 284 g/mol. The molecule has 1 aromatic heterocycles. The van der Waals surface area contributed by atoms with E-state index in [2.05, 4.69) is 28.5 Å². The van der Waals surface area contributed by atoms with Gasteiger partial charge in [0.2, 0.25) is 0 Å². The molecule has 100 valence electrons. The predicted octanol–water partition coefficient (Wildman–Crippen LogP) is 3.75. The molecule has 2 nitrogen and oxygen atoms in total. The molecule has 4 rings (SSSR count). The molecule has 4 heteroatoms. The lowest BCUT2D eigenvalue weighted by Crippen LogP contribution is -2.23. The number of nitrogens with zero attached hydrogens (tertiary/aromatic N) is 1. The van der Waals surface area contributed by atoms with Crippen LogP contribution in [0.25, 0.3) is 20.8 Å². The lowest BCUT2D eigenvalue weighted by molar-refractivity contribution is 0.630. The van der Waals surface area contributed by atoms with Gasteiger partial charge in [-0.1, -0.05) is 18.2 Å². The fourth-order valence-corrected chi connectivity index (χ4v) is 3.79. The molecule has 1 aliphatic heterocycles. The number of nitrogens with one attached hydrogen (secondary N) is 1. The Labute approximate surface area is 120 Å². The van der Waals surface area contributed by atoms with Gasteiger partial charge >= 0.3 is 0 Å². The van der Waals surface area contributed by atoms with Crippen LogP contribution in [0.5, 0.6) is 0 Å². The molecule has 3 aromatic rings. The van der Waals surface area contributed by atoms with Gasteiger partial charge in [-0.25, -0.2) is 9.37 Å². The average Bonchev–Trinajstić information content (AvgIpc) is 2.89. The maximum absolute atomic E-state index is 13.3. The molecule has 0 radical (unpaired) electrons. The molecule has 2 aromatic carbocycles. The summed E-state index contributed by atoms with van der Waals surface area (Å²) in [6.07, 6.45) is 1.02. The Balaban J connectivity index is 1.90. The van der Waals surface area contributed by atoms with Gasteiger partial charge in [-0.15, -0.1) is 11.3 Å². The largest absolute Gasteiger partial charge is 0.312 e. The van der Waals surface area contributed by atoms with Crippen molar-refractivity contribution in [3.8, 4) is 10.6 Å². The molecule has 0 unspecified atom stereocenters. The van der Waals surface area contributed by atoms with Crippen molar-refractivity contribution in [3.63, 3.8) is 0 Å². The second kappa shape index (κ2) is 4.65. The summed E-state index contributed by atoms with van der Waals surface area (Å²) in [6, 6.07) is 11.1. The van der Waals surface area contributed by atoms with E-state index in [4.69, 9.17) is 0 Å². The predicted molar refractivity (Wildman–Crippen MR) is 80.4 cm³/mol. The SMILES string of the molecule is Fc1ccc2nc(-c3cccc4c3CCNC4)sc2c1. The zero-order chi connectivity index (χ0) is 13.5. The highest BCUT2D eigenvalue weighted by molar-refractivity contribution is 7.21. The fraction of sp³-hybridized carbons (Fsp3) is 0.188. The van der Waals surface area contributed by atoms with Gasteiger partial charge in [0, 0.05) is 12.1 Å². The number of hydrogen-bond donors (Lipinski definition) is 1. The second-order valence-corrected chi connectivity index (χ2v) is 6.03. The van der Waals surface area contributed by atoms with Crippen LogP contribution in [0.3, 0.4) is 0 Å². The zero-order valence-corrected chi connectivity index (χ0v) is 11.6. The monoisotopic (exact) mass is 284 g/mol. The summed E-state index contributed by atoms with van der Waals surface area (Å²) in [5.41, 5.74) is 4.80. The molecule has 1 aliphatic rings. The quantitative estimate of drug-likeness (QED) is 0.736. The number of hydrogen-bond acceptors (Lipinski definition) is 3. The highest BCUT2D eigenvalue weighted by atomic mass is 32.1. The van der Waals surface area contributed by atoms with E-state index in [0.717, 1.165) is 34.7 Å². The first-order valence-corrected chi connectivity index (χ1v) is 7.51. The minimum absolute atomic E-state index is 0.202. The van der Waals surface area contributed by atoms with Crippen LogP contribution >= 0.6 is 11.3 Å². The minimum Gasteiger partial charge on any atom is -0.312 e. The van der Waals surface area contributed by atoms with E-state index < -0.39 is 0 Å². The third-order valence-corrected chi connectivity index (χ3v) is 4.77. The molecule has 0 saturated heterocycles. The number of benzene rings is 2. The van der Waals surface area contributed by atoms with Crippen molar-refractivity contribution in [2.24, 2.45) is 0 Å². The third kappa shape index (κ3) is 1.92. The summed E-state index contributed by atoms with van der Waals surface area (Å²) in [4.78, 5) is 4.66. The number of aromatic nitrogens is 1. The Hall–Kier alpha value is -1.78. The Morgan fingerprint density at radius 1 is 1.20 bits per heavy atom. The molecule has 0 saturated carbocycles. The van der Waals surface area contributed by atoms with Gasteiger partial charge in [0.05, 0.1) is 10.2 Å². The van der Waals surface area contributed by atoms with E-state index >= 15 is 0 Å². The maximum Gasteiger partial charge on any atom is 0.124 e. The molecule has 0 fully saturated rings. The van der Waals surface area contributed by atoms with E-state index in [1.807, 2.05) is 0 Å². The number of halogens is 1. The van der Waals surface area contributed by atoms with Crippen molar-refractivity contribution in [3.05, 3.63) is 53.3 Å². The molecule has 0 aliphatic carbocycles. The summed E-state index contributed by atoms with van der Waals surface area (Å²) >= 11 is 1.57. The van der Waals surface area contributed by atoms with Crippen molar-refractivity contribution in [1.29, 1.82) is 0 Å². The number of rotatable bonds is 1. The van der Waals surface area contributed by atoms with Crippen molar-refractivity contribution in [2.75, 3.05) is 6.54 Å². The third-order valence-electron chi connectivity index (χ3n) is 3.72. The topological polar surface area (TPSA) is 24.9 Å². The Morgan fingerprint density at radius 2 is 2.15 bits per heavy atom. The Kier molecular flexibility index (Phi) is 2.79. The van der Waals surface area contributed by atoms with E-state index in [9.17, 15) is 4.39 Å². The van der Waals surface area contributed by atoms with Crippen LogP contribution in [0.4, 0.5) is 4.39 Å². The van der Waals surface area contributed by atoms with Gasteiger partial charge in [0.15, 0.2) is 0 Å².